The normalized spacial score (nSPS) is 15.8. The van der Waals surface area contributed by atoms with Gasteiger partial charge in [-0.15, -0.1) is 0 Å². The Balaban J connectivity index is 1.96. The summed E-state index contributed by atoms with van der Waals surface area (Å²) in [4.78, 5) is 13.0. The fraction of sp³-hybridized carbons (Fsp3) is 0.538. The smallest absolute Gasteiger partial charge is 0.333 e. The third-order valence-corrected chi connectivity index (χ3v) is 3.25. The van der Waals surface area contributed by atoms with Crippen molar-refractivity contribution in [2.24, 2.45) is 0 Å². The first-order chi connectivity index (χ1) is 9.72. The molecule has 20 heavy (non-hydrogen) atoms. The molecule has 0 saturated carbocycles. The highest BCUT2D eigenvalue weighted by Crippen LogP contribution is 2.34. The Bertz CT molecular complexity index is 461. The lowest BCUT2D eigenvalue weighted by molar-refractivity contribution is -0.384. The lowest BCUT2D eigenvalue weighted by atomic mass is 10.2. The molecular formula is C13H19N3O4. The van der Waals surface area contributed by atoms with Crippen molar-refractivity contribution in [3.05, 3.63) is 28.3 Å². The Hall–Kier alpha value is -1.86. The summed E-state index contributed by atoms with van der Waals surface area (Å²) in [6.07, 6.45) is 0. The zero-order valence-corrected chi connectivity index (χ0v) is 11.5. The van der Waals surface area contributed by atoms with Gasteiger partial charge in [-0.2, -0.15) is 0 Å². The molecule has 0 spiro atoms. The molecule has 0 aromatic heterocycles. The molecule has 1 aliphatic rings. The quantitative estimate of drug-likeness (QED) is 0.626. The number of nitrogens with zero attached hydrogens (tertiary/aromatic N) is 2. The van der Waals surface area contributed by atoms with E-state index in [9.17, 15) is 10.1 Å². The summed E-state index contributed by atoms with van der Waals surface area (Å²) in [6, 6.07) is 5.02. The zero-order valence-electron chi connectivity index (χ0n) is 11.5. The Labute approximate surface area is 117 Å². The van der Waals surface area contributed by atoms with E-state index in [1.807, 2.05) is 0 Å². The van der Waals surface area contributed by atoms with Crippen molar-refractivity contribution >= 4 is 11.4 Å². The van der Waals surface area contributed by atoms with Gasteiger partial charge in [-0.25, -0.2) is 0 Å². The van der Waals surface area contributed by atoms with E-state index in [-0.39, 0.29) is 11.4 Å². The lowest BCUT2D eigenvalue weighted by Crippen LogP contribution is -2.39. The molecule has 0 bridgehead atoms. The van der Waals surface area contributed by atoms with Crippen LogP contribution in [0, 0.1) is 10.1 Å². The largest absolute Gasteiger partial charge is 0.490 e. The molecule has 7 nitrogen and oxygen atoms in total. The van der Waals surface area contributed by atoms with Crippen LogP contribution in [0.15, 0.2) is 18.2 Å². The molecular weight excluding hydrogens is 262 g/mol. The third kappa shape index (κ3) is 3.58. The number of nitro benzene ring substituents is 1. The number of morpholine rings is 1. The molecule has 0 radical (unpaired) electrons. The molecule has 1 heterocycles. The van der Waals surface area contributed by atoms with Gasteiger partial charge >= 0.3 is 5.69 Å². The van der Waals surface area contributed by atoms with E-state index in [2.05, 4.69) is 10.2 Å². The van der Waals surface area contributed by atoms with Crippen LogP contribution in [0.2, 0.25) is 0 Å². The van der Waals surface area contributed by atoms with Gasteiger partial charge < -0.3 is 14.8 Å². The summed E-state index contributed by atoms with van der Waals surface area (Å²) in [6.45, 7) is 4.79. The first kappa shape index (κ1) is 14.5. The molecule has 1 aromatic rings. The van der Waals surface area contributed by atoms with Crippen molar-refractivity contribution in [1.82, 2.24) is 4.90 Å². The summed E-state index contributed by atoms with van der Waals surface area (Å²) < 4.78 is 10.3. The number of anilines is 1. The summed E-state index contributed by atoms with van der Waals surface area (Å²) in [7, 11) is 1.43. The summed E-state index contributed by atoms with van der Waals surface area (Å²) in [5, 5.41) is 14.2. The van der Waals surface area contributed by atoms with Crippen molar-refractivity contribution < 1.29 is 14.4 Å². The fourth-order valence-corrected chi connectivity index (χ4v) is 2.19. The van der Waals surface area contributed by atoms with E-state index < -0.39 is 4.92 Å². The Morgan fingerprint density at radius 3 is 2.85 bits per heavy atom. The molecule has 110 valence electrons. The van der Waals surface area contributed by atoms with Crippen molar-refractivity contribution in [2.45, 2.75) is 0 Å². The number of hydrogen-bond acceptors (Lipinski definition) is 6. The van der Waals surface area contributed by atoms with Gasteiger partial charge in [0.2, 0.25) is 0 Å². The van der Waals surface area contributed by atoms with Gasteiger partial charge in [0.25, 0.3) is 0 Å². The molecule has 1 fully saturated rings. The minimum Gasteiger partial charge on any atom is -0.490 e. The summed E-state index contributed by atoms with van der Waals surface area (Å²) >= 11 is 0. The predicted octanol–water partition coefficient (Wildman–Crippen LogP) is 1.35. The maximum Gasteiger partial charge on any atom is 0.333 e. The van der Waals surface area contributed by atoms with Crippen LogP contribution in [-0.4, -0.2) is 56.3 Å². The SMILES string of the molecule is COc1cccc(NCCN2CCOCC2)c1[N+](=O)[O-]. The third-order valence-electron chi connectivity index (χ3n) is 3.25. The lowest BCUT2D eigenvalue weighted by Gasteiger charge is -2.26. The number of nitro groups is 1. The van der Waals surface area contributed by atoms with Crippen molar-refractivity contribution in [2.75, 3.05) is 51.8 Å². The minimum atomic E-state index is -0.421. The molecule has 0 aliphatic carbocycles. The number of nitrogens with one attached hydrogen (secondary N) is 1. The Morgan fingerprint density at radius 1 is 1.45 bits per heavy atom. The number of hydrogen-bond donors (Lipinski definition) is 1. The van der Waals surface area contributed by atoms with Crippen LogP contribution in [0.4, 0.5) is 11.4 Å². The van der Waals surface area contributed by atoms with E-state index in [4.69, 9.17) is 9.47 Å². The van der Waals surface area contributed by atoms with Gasteiger partial charge in [0.15, 0.2) is 5.75 Å². The Morgan fingerprint density at radius 2 is 2.20 bits per heavy atom. The van der Waals surface area contributed by atoms with E-state index >= 15 is 0 Å². The molecule has 1 saturated heterocycles. The number of rotatable bonds is 6. The second kappa shape index (κ2) is 7.06. The van der Waals surface area contributed by atoms with E-state index in [0.29, 0.717) is 12.2 Å². The van der Waals surface area contributed by atoms with Crippen LogP contribution in [-0.2, 0) is 4.74 Å². The van der Waals surface area contributed by atoms with E-state index in [1.165, 1.54) is 7.11 Å². The molecule has 1 aromatic carbocycles. The monoisotopic (exact) mass is 281 g/mol. The molecule has 0 amide bonds. The first-order valence-electron chi connectivity index (χ1n) is 6.57. The molecule has 0 atom stereocenters. The second-order valence-electron chi connectivity index (χ2n) is 4.49. The van der Waals surface area contributed by atoms with Crippen LogP contribution >= 0.6 is 0 Å². The highest BCUT2D eigenvalue weighted by Gasteiger charge is 2.20. The van der Waals surface area contributed by atoms with Gasteiger partial charge in [0, 0.05) is 26.2 Å². The van der Waals surface area contributed by atoms with Crippen LogP contribution in [0.25, 0.3) is 0 Å². The van der Waals surface area contributed by atoms with Gasteiger partial charge in [-0.05, 0) is 12.1 Å². The summed E-state index contributed by atoms with van der Waals surface area (Å²) in [5.41, 5.74) is 0.472. The maximum absolute atomic E-state index is 11.1. The summed E-state index contributed by atoms with van der Waals surface area (Å²) in [5.74, 6) is 0.270. The number of para-hydroxylation sites is 1. The number of methoxy groups -OCH3 is 1. The highest BCUT2D eigenvalue weighted by molar-refractivity contribution is 5.68. The van der Waals surface area contributed by atoms with E-state index in [0.717, 1.165) is 32.8 Å². The van der Waals surface area contributed by atoms with Crippen LogP contribution < -0.4 is 10.1 Å². The topological polar surface area (TPSA) is 76.9 Å². The molecule has 1 N–H and O–H groups in total. The van der Waals surface area contributed by atoms with Gasteiger partial charge in [0.1, 0.15) is 5.69 Å². The standard InChI is InChI=1S/C13H19N3O4/c1-19-12-4-2-3-11(13(12)16(17)18)14-5-6-15-7-9-20-10-8-15/h2-4,14H,5-10H2,1H3. The van der Waals surface area contributed by atoms with E-state index in [1.54, 1.807) is 18.2 Å². The van der Waals surface area contributed by atoms with Crippen molar-refractivity contribution in [3.63, 3.8) is 0 Å². The molecule has 1 aliphatic heterocycles. The molecule has 2 rings (SSSR count). The zero-order chi connectivity index (χ0) is 14.4. The van der Waals surface area contributed by atoms with Crippen molar-refractivity contribution in [3.8, 4) is 5.75 Å². The van der Waals surface area contributed by atoms with Crippen LogP contribution in [0.1, 0.15) is 0 Å². The molecule has 7 heteroatoms. The van der Waals surface area contributed by atoms with Gasteiger partial charge in [0.05, 0.1) is 25.2 Å². The fourth-order valence-electron chi connectivity index (χ4n) is 2.19. The average Bonchev–Trinajstić information content (AvgIpc) is 2.47. The van der Waals surface area contributed by atoms with Crippen LogP contribution in [0.3, 0.4) is 0 Å². The van der Waals surface area contributed by atoms with Gasteiger partial charge in [-0.1, -0.05) is 6.07 Å². The average molecular weight is 281 g/mol. The maximum atomic E-state index is 11.1. The number of ether oxygens (including phenoxy) is 2. The predicted molar refractivity (Wildman–Crippen MR) is 75.4 cm³/mol. The van der Waals surface area contributed by atoms with Gasteiger partial charge in [-0.3, -0.25) is 15.0 Å². The first-order valence-corrected chi connectivity index (χ1v) is 6.57. The highest BCUT2D eigenvalue weighted by atomic mass is 16.6. The van der Waals surface area contributed by atoms with Crippen LogP contribution in [0.5, 0.6) is 5.75 Å². The number of benzene rings is 1. The molecule has 0 unspecified atom stereocenters. The minimum absolute atomic E-state index is 0.0167. The second-order valence-corrected chi connectivity index (χ2v) is 4.49. The Kier molecular flexibility index (Phi) is 5.14. The van der Waals surface area contributed by atoms with Crippen molar-refractivity contribution in [1.29, 1.82) is 0 Å².